The average molecular weight is 536 g/mol. The number of aromatic nitrogens is 4. The average Bonchev–Trinajstić information content (AvgIpc) is 3.19. The maximum absolute atomic E-state index is 12.5. The lowest BCUT2D eigenvalue weighted by Gasteiger charge is -2.44. The molecular weight excluding hydrogens is 502 g/mol. The number of halogens is 1. The van der Waals surface area contributed by atoms with Gasteiger partial charge in [0.15, 0.2) is 5.82 Å². The summed E-state index contributed by atoms with van der Waals surface area (Å²) in [5.74, 6) is 3.30. The fourth-order valence-corrected chi connectivity index (χ4v) is 5.84. The molecule has 0 N–H and O–H groups in total. The van der Waals surface area contributed by atoms with Crippen LogP contribution in [-0.4, -0.2) is 73.5 Å². The third-order valence-electron chi connectivity index (χ3n) is 7.62. The van der Waals surface area contributed by atoms with E-state index in [0.717, 1.165) is 66.2 Å². The van der Waals surface area contributed by atoms with Crippen molar-refractivity contribution in [3.05, 3.63) is 64.8 Å². The van der Waals surface area contributed by atoms with E-state index in [1.165, 1.54) is 0 Å². The minimum Gasteiger partial charge on any atom is -0.444 e. The molecule has 0 radical (unpaired) electrons. The van der Waals surface area contributed by atoms with Crippen molar-refractivity contribution in [3.63, 3.8) is 0 Å². The van der Waals surface area contributed by atoms with Crippen molar-refractivity contribution in [2.75, 3.05) is 31.1 Å². The molecule has 9 nitrogen and oxygen atoms in total. The molecule has 6 rings (SSSR count). The number of likely N-dealkylation sites (tertiary alicyclic amines) is 1. The Bertz CT molecular complexity index is 1310. The van der Waals surface area contributed by atoms with E-state index >= 15 is 0 Å². The van der Waals surface area contributed by atoms with E-state index in [1.54, 1.807) is 4.90 Å². The number of rotatable bonds is 3. The minimum atomic E-state index is -0.499. The van der Waals surface area contributed by atoms with Crippen LogP contribution >= 0.6 is 11.6 Å². The van der Waals surface area contributed by atoms with Crippen molar-refractivity contribution in [2.45, 2.75) is 64.3 Å². The molecule has 1 amide bonds. The van der Waals surface area contributed by atoms with Gasteiger partial charge in [-0.15, -0.1) is 10.2 Å². The zero-order valence-electron chi connectivity index (χ0n) is 22.2. The Morgan fingerprint density at radius 3 is 2.55 bits per heavy atom. The molecule has 0 saturated carbocycles. The minimum absolute atomic E-state index is 0.225. The number of hydrogen-bond acceptors (Lipinski definition) is 7. The summed E-state index contributed by atoms with van der Waals surface area (Å²) >= 11 is 6.46. The number of carbonyl (C=O) groups is 1. The molecule has 2 saturated heterocycles. The Morgan fingerprint density at radius 1 is 1.05 bits per heavy atom. The number of piperidine rings is 1. The Hall–Kier alpha value is -3.17. The van der Waals surface area contributed by atoms with Gasteiger partial charge in [0.2, 0.25) is 0 Å². The van der Waals surface area contributed by atoms with Gasteiger partial charge in [-0.05, 0) is 69.5 Å². The predicted molar refractivity (Wildman–Crippen MR) is 146 cm³/mol. The van der Waals surface area contributed by atoms with Gasteiger partial charge < -0.3 is 14.5 Å². The van der Waals surface area contributed by atoms with Crippen LogP contribution in [-0.2, 0) is 17.8 Å². The van der Waals surface area contributed by atoms with Gasteiger partial charge >= 0.3 is 6.09 Å². The fourth-order valence-electron chi connectivity index (χ4n) is 5.64. The highest BCUT2D eigenvalue weighted by Gasteiger charge is 2.39. The van der Waals surface area contributed by atoms with Gasteiger partial charge in [-0.2, -0.15) is 0 Å². The first-order valence-electron chi connectivity index (χ1n) is 13.4. The van der Waals surface area contributed by atoms with Crippen molar-refractivity contribution in [3.8, 4) is 5.69 Å². The summed E-state index contributed by atoms with van der Waals surface area (Å²) in [5.41, 5.74) is 1.75. The van der Waals surface area contributed by atoms with Gasteiger partial charge in [0.1, 0.15) is 17.2 Å². The van der Waals surface area contributed by atoms with E-state index in [0.29, 0.717) is 25.6 Å². The highest BCUT2D eigenvalue weighted by atomic mass is 35.5. The van der Waals surface area contributed by atoms with E-state index in [1.807, 2.05) is 45.2 Å². The van der Waals surface area contributed by atoms with E-state index in [-0.39, 0.29) is 12.1 Å². The van der Waals surface area contributed by atoms with Crippen molar-refractivity contribution in [1.29, 1.82) is 0 Å². The molecule has 0 unspecified atom stereocenters. The van der Waals surface area contributed by atoms with Crippen LogP contribution in [0.15, 0.2) is 42.6 Å². The van der Waals surface area contributed by atoms with Crippen LogP contribution in [0.5, 0.6) is 0 Å². The standard InChI is InChI=1S/C28H34ClN7O2/c1-28(2,3)38-27(37)35-16-22(17-35)34-15-20-14-21(29)7-8-23(20)36-25(18-34)31-32-26(36)19-9-12-33(13-10-19)24-6-4-5-11-30-24/h4-8,11,14,19,22H,9-10,12-13,15-18H2,1-3H3. The Kier molecular flexibility index (Phi) is 6.52. The number of benzene rings is 1. The zero-order valence-corrected chi connectivity index (χ0v) is 22.9. The van der Waals surface area contributed by atoms with Crippen LogP contribution in [0.2, 0.25) is 5.02 Å². The Morgan fingerprint density at radius 2 is 1.84 bits per heavy atom. The summed E-state index contributed by atoms with van der Waals surface area (Å²) in [7, 11) is 0. The maximum Gasteiger partial charge on any atom is 0.410 e. The van der Waals surface area contributed by atoms with Gasteiger partial charge in [0.05, 0.1) is 12.2 Å². The Labute approximate surface area is 228 Å². The van der Waals surface area contributed by atoms with Gasteiger partial charge in [-0.25, -0.2) is 9.78 Å². The maximum atomic E-state index is 12.5. The number of ether oxygens (including phenoxy) is 1. The summed E-state index contributed by atoms with van der Waals surface area (Å²) in [6.45, 7) is 10.2. The Balaban J connectivity index is 1.22. The van der Waals surface area contributed by atoms with E-state index in [9.17, 15) is 4.79 Å². The number of nitrogens with zero attached hydrogens (tertiary/aromatic N) is 7. The second-order valence-electron chi connectivity index (χ2n) is 11.5. The molecule has 2 fully saturated rings. The van der Waals surface area contributed by atoms with Gasteiger partial charge in [0.25, 0.3) is 0 Å². The monoisotopic (exact) mass is 535 g/mol. The molecule has 5 heterocycles. The fraction of sp³-hybridized carbons (Fsp3) is 0.500. The number of hydrogen-bond donors (Lipinski definition) is 0. The number of carbonyl (C=O) groups excluding carboxylic acids is 1. The van der Waals surface area contributed by atoms with Crippen LogP contribution in [0.4, 0.5) is 10.6 Å². The van der Waals surface area contributed by atoms with Crippen LogP contribution in [0.3, 0.4) is 0 Å². The van der Waals surface area contributed by atoms with Gasteiger partial charge in [-0.1, -0.05) is 17.7 Å². The molecule has 3 aliphatic heterocycles. The highest BCUT2D eigenvalue weighted by Crippen LogP contribution is 2.35. The number of amides is 1. The molecule has 10 heteroatoms. The molecule has 3 aliphatic rings. The van der Waals surface area contributed by atoms with Crippen molar-refractivity contribution >= 4 is 23.5 Å². The lowest BCUT2D eigenvalue weighted by molar-refractivity contribution is -0.0190. The molecule has 2 aromatic heterocycles. The first kappa shape index (κ1) is 25.1. The highest BCUT2D eigenvalue weighted by molar-refractivity contribution is 6.30. The number of fused-ring (bicyclic) bond motifs is 3. The number of pyridine rings is 1. The summed E-state index contributed by atoms with van der Waals surface area (Å²) in [6, 6.07) is 12.4. The summed E-state index contributed by atoms with van der Waals surface area (Å²) in [5, 5.41) is 10.1. The SMILES string of the molecule is CC(C)(C)OC(=O)N1CC(N2Cc3cc(Cl)ccc3-n3c(nnc3C3CCN(c4ccccn4)CC3)C2)C1. The van der Waals surface area contributed by atoms with Crippen LogP contribution in [0, 0.1) is 0 Å². The zero-order chi connectivity index (χ0) is 26.4. The molecule has 0 atom stereocenters. The second-order valence-corrected chi connectivity index (χ2v) is 11.9. The smallest absolute Gasteiger partial charge is 0.410 e. The largest absolute Gasteiger partial charge is 0.444 e. The lowest BCUT2D eigenvalue weighted by atomic mass is 9.95. The normalized spacial score (nSPS) is 18.9. The van der Waals surface area contributed by atoms with Crippen LogP contribution in [0.25, 0.3) is 5.69 Å². The summed E-state index contributed by atoms with van der Waals surface area (Å²) in [4.78, 5) is 23.5. The molecule has 0 spiro atoms. The molecule has 200 valence electrons. The van der Waals surface area contributed by atoms with Gasteiger partial charge in [0, 0.05) is 55.9 Å². The van der Waals surface area contributed by atoms with Crippen LogP contribution < -0.4 is 4.90 Å². The first-order chi connectivity index (χ1) is 18.2. The second kappa shape index (κ2) is 9.85. The molecule has 3 aromatic rings. The molecule has 0 bridgehead atoms. The van der Waals surface area contributed by atoms with E-state index in [4.69, 9.17) is 26.5 Å². The van der Waals surface area contributed by atoms with Crippen LogP contribution in [0.1, 0.15) is 56.7 Å². The van der Waals surface area contributed by atoms with Crippen molar-refractivity contribution < 1.29 is 9.53 Å². The quantitative estimate of drug-likeness (QED) is 0.483. The van der Waals surface area contributed by atoms with E-state index in [2.05, 4.69) is 37.5 Å². The molecule has 38 heavy (non-hydrogen) atoms. The molecular formula is C28H34ClN7O2. The summed E-state index contributed by atoms with van der Waals surface area (Å²) in [6.07, 6.45) is 3.58. The number of anilines is 1. The van der Waals surface area contributed by atoms with Gasteiger partial charge in [-0.3, -0.25) is 9.47 Å². The summed E-state index contributed by atoms with van der Waals surface area (Å²) < 4.78 is 7.81. The predicted octanol–water partition coefficient (Wildman–Crippen LogP) is 4.63. The third-order valence-corrected chi connectivity index (χ3v) is 7.85. The first-order valence-corrected chi connectivity index (χ1v) is 13.7. The molecule has 0 aliphatic carbocycles. The topological polar surface area (TPSA) is 79.6 Å². The van der Waals surface area contributed by atoms with E-state index < -0.39 is 5.60 Å². The lowest BCUT2D eigenvalue weighted by Crippen LogP contribution is -2.61. The van der Waals surface area contributed by atoms with Crippen molar-refractivity contribution in [1.82, 2.24) is 29.5 Å². The molecule has 1 aromatic carbocycles. The third kappa shape index (κ3) is 4.97. The van der Waals surface area contributed by atoms with Crippen molar-refractivity contribution in [2.24, 2.45) is 0 Å².